The second kappa shape index (κ2) is 6.78. The lowest BCUT2D eigenvalue weighted by Crippen LogP contribution is -2.37. The van der Waals surface area contributed by atoms with Crippen LogP contribution in [0.25, 0.3) is 0 Å². The largest absolute Gasteiger partial charge is 0.381 e. The standard InChI is InChI=1S/C17H21N3O3/c1-2-4-13(5-3-1)10-20-7-9-22-15(11-20)17-18-16(19-23-17)14-6-8-21-12-14/h1-5,14-15H,6-12H2/t14-,15-/m0/s1. The van der Waals surface area contributed by atoms with Crippen LogP contribution in [0.4, 0.5) is 0 Å². The molecule has 1 aromatic carbocycles. The Morgan fingerprint density at radius 2 is 2.09 bits per heavy atom. The van der Waals surface area contributed by atoms with Crippen molar-refractivity contribution in [2.24, 2.45) is 0 Å². The van der Waals surface area contributed by atoms with Gasteiger partial charge in [0.1, 0.15) is 6.10 Å². The first-order valence-corrected chi connectivity index (χ1v) is 8.17. The van der Waals surface area contributed by atoms with Crippen molar-refractivity contribution >= 4 is 0 Å². The van der Waals surface area contributed by atoms with Crippen molar-refractivity contribution in [1.82, 2.24) is 15.0 Å². The summed E-state index contributed by atoms with van der Waals surface area (Å²) in [5.74, 6) is 1.60. The van der Waals surface area contributed by atoms with Gasteiger partial charge in [-0.05, 0) is 12.0 Å². The Bertz CT molecular complexity index is 625. The average molecular weight is 315 g/mol. The maximum atomic E-state index is 5.84. The highest BCUT2D eigenvalue weighted by atomic mass is 16.5. The van der Waals surface area contributed by atoms with E-state index >= 15 is 0 Å². The van der Waals surface area contributed by atoms with E-state index in [0.29, 0.717) is 19.1 Å². The summed E-state index contributed by atoms with van der Waals surface area (Å²) in [6.07, 6.45) is 0.820. The van der Waals surface area contributed by atoms with Crippen LogP contribution in [0.1, 0.15) is 35.7 Å². The molecule has 122 valence electrons. The third-order valence-corrected chi connectivity index (χ3v) is 4.43. The van der Waals surface area contributed by atoms with Gasteiger partial charge in [-0.1, -0.05) is 35.5 Å². The van der Waals surface area contributed by atoms with Gasteiger partial charge in [-0.15, -0.1) is 0 Å². The third kappa shape index (κ3) is 3.44. The number of aromatic nitrogens is 2. The Morgan fingerprint density at radius 3 is 2.91 bits per heavy atom. The highest BCUT2D eigenvalue weighted by Gasteiger charge is 2.29. The molecular formula is C17H21N3O3. The summed E-state index contributed by atoms with van der Waals surface area (Å²) in [7, 11) is 0. The summed E-state index contributed by atoms with van der Waals surface area (Å²) in [5.41, 5.74) is 1.31. The first kappa shape index (κ1) is 14.8. The third-order valence-electron chi connectivity index (χ3n) is 4.43. The summed E-state index contributed by atoms with van der Waals surface area (Å²) in [4.78, 5) is 6.92. The van der Waals surface area contributed by atoms with E-state index in [4.69, 9.17) is 14.0 Å². The van der Waals surface area contributed by atoms with Crippen LogP contribution in [-0.2, 0) is 16.0 Å². The molecule has 2 aliphatic rings. The molecule has 0 bridgehead atoms. The molecule has 0 unspecified atom stereocenters. The first-order chi connectivity index (χ1) is 11.4. The van der Waals surface area contributed by atoms with E-state index in [9.17, 15) is 0 Å². The number of rotatable bonds is 4. The number of ether oxygens (including phenoxy) is 2. The van der Waals surface area contributed by atoms with Crippen LogP contribution < -0.4 is 0 Å². The second-order valence-corrected chi connectivity index (χ2v) is 6.13. The molecule has 23 heavy (non-hydrogen) atoms. The molecule has 3 heterocycles. The molecule has 6 nitrogen and oxygen atoms in total. The molecule has 1 aromatic heterocycles. The Kier molecular flexibility index (Phi) is 4.37. The molecule has 0 saturated carbocycles. The van der Waals surface area contributed by atoms with Crippen molar-refractivity contribution in [3.05, 3.63) is 47.6 Å². The predicted octanol–water partition coefficient (Wildman–Crippen LogP) is 2.15. The van der Waals surface area contributed by atoms with Gasteiger partial charge in [-0.3, -0.25) is 4.90 Å². The topological polar surface area (TPSA) is 60.6 Å². The highest BCUT2D eigenvalue weighted by molar-refractivity contribution is 5.14. The molecular weight excluding hydrogens is 294 g/mol. The fraction of sp³-hybridized carbons (Fsp3) is 0.529. The fourth-order valence-corrected chi connectivity index (χ4v) is 3.12. The number of hydrogen-bond acceptors (Lipinski definition) is 6. The van der Waals surface area contributed by atoms with Crippen LogP contribution in [-0.4, -0.2) is 48.0 Å². The quantitative estimate of drug-likeness (QED) is 0.861. The minimum atomic E-state index is -0.143. The lowest BCUT2D eigenvalue weighted by molar-refractivity contribution is -0.0475. The summed E-state index contributed by atoms with van der Waals surface area (Å²) in [6, 6.07) is 10.5. The molecule has 4 rings (SSSR count). The lowest BCUT2D eigenvalue weighted by Gasteiger charge is -2.31. The summed E-state index contributed by atoms with van der Waals surface area (Å²) in [6.45, 7) is 4.75. The number of benzene rings is 1. The second-order valence-electron chi connectivity index (χ2n) is 6.13. The molecule has 0 N–H and O–H groups in total. The van der Waals surface area contributed by atoms with Crippen molar-refractivity contribution in [3.8, 4) is 0 Å². The zero-order chi connectivity index (χ0) is 15.5. The Labute approximate surface area is 135 Å². The molecule has 2 aliphatic heterocycles. The fourth-order valence-electron chi connectivity index (χ4n) is 3.12. The van der Waals surface area contributed by atoms with Crippen LogP contribution in [0.5, 0.6) is 0 Å². The van der Waals surface area contributed by atoms with Gasteiger partial charge in [-0.25, -0.2) is 0 Å². The van der Waals surface area contributed by atoms with Crippen molar-refractivity contribution in [2.45, 2.75) is 25.0 Å². The van der Waals surface area contributed by atoms with E-state index in [-0.39, 0.29) is 12.0 Å². The lowest BCUT2D eigenvalue weighted by atomic mass is 10.1. The summed E-state index contributed by atoms with van der Waals surface area (Å²) < 4.78 is 16.7. The molecule has 2 saturated heterocycles. The van der Waals surface area contributed by atoms with E-state index in [1.54, 1.807) is 0 Å². The minimum Gasteiger partial charge on any atom is -0.381 e. The smallest absolute Gasteiger partial charge is 0.257 e. The van der Waals surface area contributed by atoms with E-state index in [2.05, 4.69) is 39.3 Å². The summed E-state index contributed by atoms with van der Waals surface area (Å²) in [5, 5.41) is 4.12. The average Bonchev–Trinajstić information content (AvgIpc) is 3.28. The zero-order valence-electron chi connectivity index (χ0n) is 13.1. The van der Waals surface area contributed by atoms with Gasteiger partial charge in [0.2, 0.25) is 0 Å². The number of morpholine rings is 1. The number of nitrogens with zero attached hydrogens (tertiary/aromatic N) is 3. The van der Waals surface area contributed by atoms with Crippen LogP contribution in [0.2, 0.25) is 0 Å². The molecule has 2 aromatic rings. The molecule has 0 aliphatic carbocycles. The van der Waals surface area contributed by atoms with E-state index in [1.165, 1.54) is 5.56 Å². The molecule has 6 heteroatoms. The van der Waals surface area contributed by atoms with Crippen LogP contribution >= 0.6 is 0 Å². The van der Waals surface area contributed by atoms with Crippen molar-refractivity contribution < 1.29 is 14.0 Å². The van der Waals surface area contributed by atoms with Gasteiger partial charge in [0.15, 0.2) is 5.82 Å². The van der Waals surface area contributed by atoms with E-state index in [1.807, 2.05) is 6.07 Å². The minimum absolute atomic E-state index is 0.143. The van der Waals surface area contributed by atoms with Crippen LogP contribution in [0.15, 0.2) is 34.9 Å². The Morgan fingerprint density at radius 1 is 1.17 bits per heavy atom. The van der Waals surface area contributed by atoms with Gasteiger partial charge in [-0.2, -0.15) is 4.98 Å². The first-order valence-electron chi connectivity index (χ1n) is 8.17. The van der Waals surface area contributed by atoms with E-state index in [0.717, 1.165) is 38.5 Å². The van der Waals surface area contributed by atoms with Crippen LogP contribution in [0.3, 0.4) is 0 Å². The molecule has 0 spiro atoms. The molecule has 0 radical (unpaired) electrons. The molecule has 0 amide bonds. The zero-order valence-corrected chi connectivity index (χ0v) is 13.1. The van der Waals surface area contributed by atoms with Gasteiger partial charge in [0.25, 0.3) is 5.89 Å². The van der Waals surface area contributed by atoms with Crippen molar-refractivity contribution in [2.75, 3.05) is 32.9 Å². The normalized spacial score (nSPS) is 25.7. The van der Waals surface area contributed by atoms with E-state index < -0.39 is 0 Å². The highest BCUT2D eigenvalue weighted by Crippen LogP contribution is 2.26. The monoisotopic (exact) mass is 315 g/mol. The van der Waals surface area contributed by atoms with Crippen molar-refractivity contribution in [3.63, 3.8) is 0 Å². The summed E-state index contributed by atoms with van der Waals surface area (Å²) >= 11 is 0. The van der Waals surface area contributed by atoms with Crippen LogP contribution in [0, 0.1) is 0 Å². The Hall–Kier alpha value is -1.76. The predicted molar refractivity (Wildman–Crippen MR) is 82.9 cm³/mol. The van der Waals surface area contributed by atoms with Gasteiger partial charge >= 0.3 is 0 Å². The van der Waals surface area contributed by atoms with Gasteiger partial charge < -0.3 is 14.0 Å². The van der Waals surface area contributed by atoms with Gasteiger partial charge in [0.05, 0.1) is 13.2 Å². The molecule has 2 fully saturated rings. The van der Waals surface area contributed by atoms with Crippen molar-refractivity contribution in [1.29, 1.82) is 0 Å². The molecule has 2 atom stereocenters. The maximum Gasteiger partial charge on any atom is 0.257 e. The SMILES string of the molecule is c1ccc(CN2CCO[C@H](c3nc([C@H]4CCOC4)no3)C2)cc1. The maximum absolute atomic E-state index is 5.84. The Balaban J connectivity index is 1.41. The number of hydrogen-bond donors (Lipinski definition) is 0. The van der Waals surface area contributed by atoms with Gasteiger partial charge in [0, 0.05) is 32.2 Å².